The van der Waals surface area contributed by atoms with E-state index in [9.17, 15) is 9.59 Å². The van der Waals surface area contributed by atoms with E-state index in [4.69, 9.17) is 0 Å². The molecule has 0 spiro atoms. The van der Waals surface area contributed by atoms with Crippen molar-refractivity contribution in [3.63, 3.8) is 0 Å². The highest BCUT2D eigenvalue weighted by Crippen LogP contribution is 2.19. The molecule has 0 unspecified atom stereocenters. The normalized spacial score (nSPS) is 11.1. The lowest BCUT2D eigenvalue weighted by atomic mass is 10.5. The Morgan fingerprint density at radius 3 is 2.29 bits per heavy atom. The molecular formula is C12H20ClN5O2S. The average molecular weight is 334 g/mol. The van der Waals surface area contributed by atoms with Crippen LogP contribution in [-0.4, -0.2) is 50.0 Å². The van der Waals surface area contributed by atoms with E-state index in [0.717, 1.165) is 22.0 Å². The zero-order chi connectivity index (χ0) is 15.0. The summed E-state index contributed by atoms with van der Waals surface area (Å²) < 4.78 is 4.28. The summed E-state index contributed by atoms with van der Waals surface area (Å²) >= 11 is 1.58. The van der Waals surface area contributed by atoms with Gasteiger partial charge in [0.15, 0.2) is 16.3 Å². The van der Waals surface area contributed by atoms with Gasteiger partial charge in [-0.2, -0.15) is 0 Å². The molecule has 0 atom stereocenters. The van der Waals surface area contributed by atoms with Crippen LogP contribution in [0.25, 0.3) is 11.2 Å². The highest BCUT2D eigenvalue weighted by atomic mass is 35.5. The molecule has 0 amide bonds. The third-order valence-corrected chi connectivity index (χ3v) is 4.21. The van der Waals surface area contributed by atoms with Gasteiger partial charge < -0.3 is 9.47 Å². The fourth-order valence-electron chi connectivity index (χ4n) is 1.95. The number of fused-ring (bicyclic) bond motifs is 1. The number of hydrogen-bond donors (Lipinski definition) is 0. The van der Waals surface area contributed by atoms with Crippen molar-refractivity contribution in [2.45, 2.75) is 5.16 Å². The van der Waals surface area contributed by atoms with Crippen LogP contribution >= 0.6 is 24.2 Å². The quantitative estimate of drug-likeness (QED) is 0.740. The molecule has 2 rings (SSSR count). The summed E-state index contributed by atoms with van der Waals surface area (Å²) in [6.07, 6.45) is 0. The fraction of sp³-hybridized carbons (Fsp3) is 0.583. The maximum absolute atomic E-state index is 12.2. The van der Waals surface area contributed by atoms with Crippen LogP contribution in [0.2, 0.25) is 0 Å². The largest absolute Gasteiger partial charge is 0.332 e. The van der Waals surface area contributed by atoms with Gasteiger partial charge in [0.2, 0.25) is 0 Å². The number of thioether (sulfide) groups is 1. The van der Waals surface area contributed by atoms with Gasteiger partial charge in [-0.3, -0.25) is 13.9 Å². The minimum Gasteiger partial charge on any atom is -0.316 e. The van der Waals surface area contributed by atoms with Gasteiger partial charge in [0.05, 0.1) is 0 Å². The predicted octanol–water partition coefficient (Wildman–Crippen LogP) is 0.0462. The first-order valence-electron chi connectivity index (χ1n) is 6.24. The maximum atomic E-state index is 12.2. The van der Waals surface area contributed by atoms with Crippen LogP contribution in [-0.2, 0) is 21.1 Å². The summed E-state index contributed by atoms with van der Waals surface area (Å²) in [6, 6.07) is 0. The molecule has 0 saturated heterocycles. The minimum absolute atomic E-state index is 0. The molecule has 0 aliphatic rings. The molecule has 0 aliphatic carbocycles. The van der Waals surface area contributed by atoms with Crippen molar-refractivity contribution in [3.05, 3.63) is 20.8 Å². The van der Waals surface area contributed by atoms with Crippen molar-refractivity contribution >= 4 is 35.3 Å². The molecule has 118 valence electrons. The number of aromatic nitrogens is 4. The van der Waals surface area contributed by atoms with E-state index in [0.29, 0.717) is 11.2 Å². The lowest BCUT2D eigenvalue weighted by Gasteiger charge is -2.08. The van der Waals surface area contributed by atoms with E-state index >= 15 is 0 Å². The number of aryl methyl sites for hydroxylation is 2. The molecule has 9 heteroatoms. The van der Waals surface area contributed by atoms with Gasteiger partial charge in [0.1, 0.15) is 0 Å². The van der Waals surface area contributed by atoms with Crippen molar-refractivity contribution in [2.24, 2.45) is 21.1 Å². The smallest absolute Gasteiger partial charge is 0.316 e. The van der Waals surface area contributed by atoms with E-state index in [2.05, 4.69) is 9.88 Å². The molecule has 0 aliphatic heterocycles. The van der Waals surface area contributed by atoms with Crippen LogP contribution in [0.5, 0.6) is 0 Å². The second-order valence-corrected chi connectivity index (χ2v) is 6.05. The van der Waals surface area contributed by atoms with Crippen LogP contribution in [0, 0.1) is 0 Å². The molecule has 0 fully saturated rings. The molecule has 2 aromatic heterocycles. The monoisotopic (exact) mass is 333 g/mol. The van der Waals surface area contributed by atoms with Crippen LogP contribution in [0.4, 0.5) is 0 Å². The van der Waals surface area contributed by atoms with E-state index in [1.54, 1.807) is 30.4 Å². The SMILES string of the molecule is CN(C)CCSc1nc2c(c(=O)n(C)c(=O)n2C)n1C.Cl. The zero-order valence-electron chi connectivity index (χ0n) is 12.8. The third-order valence-electron chi connectivity index (χ3n) is 3.20. The Morgan fingerprint density at radius 2 is 1.71 bits per heavy atom. The van der Waals surface area contributed by atoms with Crippen molar-refractivity contribution in [1.29, 1.82) is 0 Å². The second-order valence-electron chi connectivity index (χ2n) is 4.98. The molecule has 0 aromatic carbocycles. The van der Waals surface area contributed by atoms with Crippen molar-refractivity contribution in [1.82, 2.24) is 23.6 Å². The van der Waals surface area contributed by atoms with Gasteiger partial charge in [-0.15, -0.1) is 12.4 Å². The minimum atomic E-state index is -0.356. The Labute approximate surface area is 133 Å². The Morgan fingerprint density at radius 1 is 1.10 bits per heavy atom. The Balaban J connectivity index is 0.00000220. The summed E-state index contributed by atoms with van der Waals surface area (Å²) in [4.78, 5) is 30.6. The van der Waals surface area contributed by atoms with Crippen molar-refractivity contribution in [3.8, 4) is 0 Å². The van der Waals surface area contributed by atoms with Crippen molar-refractivity contribution < 1.29 is 0 Å². The topological polar surface area (TPSA) is 65.1 Å². The third kappa shape index (κ3) is 3.17. The van der Waals surface area contributed by atoms with Crippen molar-refractivity contribution in [2.75, 3.05) is 26.4 Å². The summed E-state index contributed by atoms with van der Waals surface area (Å²) in [7, 11) is 8.93. The summed E-state index contributed by atoms with van der Waals surface area (Å²) in [6.45, 7) is 0.921. The Hall–Kier alpha value is -1.25. The van der Waals surface area contributed by atoms with E-state index in [1.807, 2.05) is 14.1 Å². The number of nitrogens with zero attached hydrogens (tertiary/aromatic N) is 5. The lowest BCUT2D eigenvalue weighted by Crippen LogP contribution is -2.37. The summed E-state index contributed by atoms with van der Waals surface area (Å²) in [5.74, 6) is 0.873. The maximum Gasteiger partial charge on any atom is 0.332 e. The number of hydrogen-bond acceptors (Lipinski definition) is 5. The number of rotatable bonds is 4. The first-order valence-corrected chi connectivity index (χ1v) is 7.23. The van der Waals surface area contributed by atoms with E-state index in [1.165, 1.54) is 11.6 Å². The van der Waals surface area contributed by atoms with E-state index in [-0.39, 0.29) is 23.7 Å². The average Bonchev–Trinajstić information content (AvgIpc) is 2.71. The van der Waals surface area contributed by atoms with Gasteiger partial charge in [0, 0.05) is 33.4 Å². The molecule has 2 aromatic rings. The molecule has 2 heterocycles. The van der Waals surface area contributed by atoms with E-state index < -0.39 is 0 Å². The molecular weight excluding hydrogens is 314 g/mol. The number of halogens is 1. The van der Waals surface area contributed by atoms with Crippen LogP contribution in [0.1, 0.15) is 0 Å². The van der Waals surface area contributed by atoms with Gasteiger partial charge in [-0.05, 0) is 14.1 Å². The first-order chi connectivity index (χ1) is 9.34. The number of imidazole rings is 1. The predicted molar refractivity (Wildman–Crippen MR) is 87.7 cm³/mol. The fourth-order valence-corrected chi connectivity index (χ4v) is 3.02. The molecule has 0 N–H and O–H groups in total. The van der Waals surface area contributed by atoms with Gasteiger partial charge in [0.25, 0.3) is 5.56 Å². The van der Waals surface area contributed by atoms with Crippen LogP contribution in [0.3, 0.4) is 0 Å². The standard InChI is InChI=1S/C12H19N5O2S.ClH/c1-14(2)6-7-20-11-13-9-8(15(11)3)10(18)17(5)12(19)16(9)4;/h6-7H2,1-5H3;1H. The highest BCUT2D eigenvalue weighted by molar-refractivity contribution is 7.99. The molecule has 7 nitrogen and oxygen atoms in total. The Bertz CT molecular complexity index is 762. The summed E-state index contributed by atoms with van der Waals surface area (Å²) in [5.41, 5.74) is 0.234. The van der Waals surface area contributed by atoms with Crippen LogP contribution in [0.15, 0.2) is 14.7 Å². The molecule has 21 heavy (non-hydrogen) atoms. The van der Waals surface area contributed by atoms with Crippen LogP contribution < -0.4 is 11.2 Å². The Kier molecular flexibility index (Phi) is 5.66. The van der Waals surface area contributed by atoms with Gasteiger partial charge in [-0.1, -0.05) is 11.8 Å². The van der Waals surface area contributed by atoms with Gasteiger partial charge >= 0.3 is 5.69 Å². The highest BCUT2D eigenvalue weighted by Gasteiger charge is 2.16. The molecule has 0 radical (unpaired) electrons. The second kappa shape index (κ2) is 6.67. The zero-order valence-corrected chi connectivity index (χ0v) is 14.4. The summed E-state index contributed by atoms with van der Waals surface area (Å²) in [5, 5.41) is 0.750. The molecule has 0 saturated carbocycles. The first kappa shape index (κ1) is 17.8. The molecule has 0 bridgehead atoms. The lowest BCUT2D eigenvalue weighted by molar-refractivity contribution is 0.437. The van der Waals surface area contributed by atoms with Gasteiger partial charge in [-0.25, -0.2) is 9.78 Å².